The van der Waals surface area contributed by atoms with Crippen molar-refractivity contribution in [2.75, 3.05) is 13.2 Å². The van der Waals surface area contributed by atoms with Gasteiger partial charge in [0.05, 0.1) is 0 Å². The van der Waals surface area contributed by atoms with E-state index in [0.717, 1.165) is 19.1 Å². The van der Waals surface area contributed by atoms with Crippen molar-refractivity contribution in [1.82, 2.24) is 5.32 Å². The molecule has 114 valence electrons. The summed E-state index contributed by atoms with van der Waals surface area (Å²) in [5.74, 6) is -0.502. The van der Waals surface area contributed by atoms with E-state index in [-0.39, 0.29) is 18.9 Å². The average Bonchev–Trinajstić information content (AvgIpc) is 2.49. The Morgan fingerprint density at radius 2 is 1.86 bits per heavy atom. The first-order valence-electron chi connectivity index (χ1n) is 6.78. The standard InChI is InChI=1S/C15H19NO5/c17-10-12-5-7-13(8-6-12)21-11-14(18)16-9-3-1-2-4-15(19)20/h5-8,10H,1-4,9,11H2,(H,16,18)(H,19,20). The van der Waals surface area contributed by atoms with Gasteiger partial charge in [-0.1, -0.05) is 6.42 Å². The molecule has 1 aromatic rings. The summed E-state index contributed by atoms with van der Waals surface area (Å²) in [6.45, 7) is 0.418. The summed E-state index contributed by atoms with van der Waals surface area (Å²) in [5, 5.41) is 11.2. The zero-order valence-electron chi connectivity index (χ0n) is 11.7. The molecule has 0 fully saturated rings. The summed E-state index contributed by atoms with van der Waals surface area (Å²) in [5.41, 5.74) is 0.549. The molecule has 0 saturated carbocycles. The van der Waals surface area contributed by atoms with Crippen LogP contribution in [0, 0.1) is 0 Å². The minimum absolute atomic E-state index is 0.0877. The fourth-order valence-corrected chi connectivity index (χ4v) is 1.65. The molecule has 0 aliphatic carbocycles. The summed E-state index contributed by atoms with van der Waals surface area (Å²) in [7, 11) is 0. The molecule has 0 aliphatic rings. The van der Waals surface area contributed by atoms with E-state index in [4.69, 9.17) is 9.84 Å². The second-order valence-corrected chi connectivity index (χ2v) is 4.53. The van der Waals surface area contributed by atoms with Gasteiger partial charge in [0.15, 0.2) is 6.61 Å². The number of hydrogen-bond donors (Lipinski definition) is 2. The van der Waals surface area contributed by atoms with Gasteiger partial charge in [0.1, 0.15) is 12.0 Å². The van der Waals surface area contributed by atoms with E-state index in [2.05, 4.69) is 5.32 Å². The number of benzene rings is 1. The molecule has 1 amide bonds. The molecule has 0 aliphatic heterocycles. The maximum atomic E-state index is 11.5. The first-order chi connectivity index (χ1) is 10.1. The Balaban J connectivity index is 2.10. The van der Waals surface area contributed by atoms with Crippen LogP contribution >= 0.6 is 0 Å². The molecule has 0 spiro atoms. The van der Waals surface area contributed by atoms with Gasteiger partial charge < -0.3 is 15.2 Å². The molecule has 1 aromatic carbocycles. The molecular weight excluding hydrogens is 274 g/mol. The maximum absolute atomic E-state index is 11.5. The van der Waals surface area contributed by atoms with E-state index < -0.39 is 5.97 Å². The highest BCUT2D eigenvalue weighted by Gasteiger charge is 2.02. The molecule has 0 heterocycles. The number of carbonyl (C=O) groups is 3. The third-order valence-electron chi connectivity index (χ3n) is 2.78. The van der Waals surface area contributed by atoms with Crippen LogP contribution in [0.4, 0.5) is 0 Å². The van der Waals surface area contributed by atoms with Crippen molar-refractivity contribution in [3.63, 3.8) is 0 Å². The number of aldehydes is 1. The lowest BCUT2D eigenvalue weighted by atomic mass is 10.2. The molecular formula is C15H19NO5. The van der Waals surface area contributed by atoms with Gasteiger partial charge in [0.25, 0.3) is 5.91 Å². The molecule has 0 atom stereocenters. The van der Waals surface area contributed by atoms with E-state index in [9.17, 15) is 14.4 Å². The highest BCUT2D eigenvalue weighted by atomic mass is 16.5. The Labute approximate surface area is 123 Å². The predicted octanol–water partition coefficient (Wildman–Crippen LogP) is 1.64. The monoisotopic (exact) mass is 293 g/mol. The largest absolute Gasteiger partial charge is 0.484 e. The van der Waals surface area contributed by atoms with Gasteiger partial charge >= 0.3 is 5.97 Å². The number of rotatable bonds is 10. The quantitative estimate of drug-likeness (QED) is 0.505. The van der Waals surface area contributed by atoms with E-state index in [0.29, 0.717) is 24.3 Å². The normalized spacial score (nSPS) is 9.90. The number of amides is 1. The van der Waals surface area contributed by atoms with Crippen LogP contribution in [-0.2, 0) is 9.59 Å². The van der Waals surface area contributed by atoms with Gasteiger partial charge in [-0.15, -0.1) is 0 Å². The molecule has 21 heavy (non-hydrogen) atoms. The molecule has 2 N–H and O–H groups in total. The van der Waals surface area contributed by atoms with Gasteiger partial charge in [-0.25, -0.2) is 0 Å². The zero-order chi connectivity index (χ0) is 15.5. The smallest absolute Gasteiger partial charge is 0.303 e. The fraction of sp³-hybridized carbons (Fsp3) is 0.400. The van der Waals surface area contributed by atoms with Gasteiger partial charge in [-0.2, -0.15) is 0 Å². The number of ether oxygens (including phenoxy) is 1. The number of aliphatic carboxylic acids is 1. The van der Waals surface area contributed by atoms with Crippen LogP contribution in [0.5, 0.6) is 5.75 Å². The Morgan fingerprint density at radius 1 is 1.14 bits per heavy atom. The Morgan fingerprint density at radius 3 is 2.48 bits per heavy atom. The lowest BCUT2D eigenvalue weighted by Gasteiger charge is -2.07. The minimum atomic E-state index is -0.798. The third-order valence-corrected chi connectivity index (χ3v) is 2.78. The number of hydrogen-bond acceptors (Lipinski definition) is 4. The van der Waals surface area contributed by atoms with Crippen molar-refractivity contribution in [3.05, 3.63) is 29.8 Å². The number of carbonyl (C=O) groups excluding carboxylic acids is 2. The van der Waals surface area contributed by atoms with Crippen LogP contribution in [-0.4, -0.2) is 36.4 Å². The summed E-state index contributed by atoms with van der Waals surface area (Å²) in [6.07, 6.45) is 3.02. The molecule has 0 aromatic heterocycles. The van der Waals surface area contributed by atoms with E-state index in [1.54, 1.807) is 24.3 Å². The molecule has 6 nitrogen and oxygen atoms in total. The predicted molar refractivity (Wildman–Crippen MR) is 76.4 cm³/mol. The topological polar surface area (TPSA) is 92.7 Å². The lowest BCUT2D eigenvalue weighted by Crippen LogP contribution is -2.29. The Kier molecular flexibility index (Phi) is 7.56. The fourth-order valence-electron chi connectivity index (χ4n) is 1.65. The first-order valence-corrected chi connectivity index (χ1v) is 6.78. The molecule has 6 heteroatoms. The van der Waals surface area contributed by atoms with Gasteiger partial charge in [-0.3, -0.25) is 14.4 Å². The Bertz CT molecular complexity index is 469. The van der Waals surface area contributed by atoms with Crippen LogP contribution < -0.4 is 10.1 Å². The van der Waals surface area contributed by atoms with Crippen LogP contribution in [0.15, 0.2) is 24.3 Å². The summed E-state index contributed by atoms with van der Waals surface area (Å²) in [4.78, 5) is 32.3. The molecule has 0 unspecified atom stereocenters. The van der Waals surface area contributed by atoms with Crippen molar-refractivity contribution < 1.29 is 24.2 Å². The van der Waals surface area contributed by atoms with Crippen molar-refractivity contribution in [2.24, 2.45) is 0 Å². The minimum Gasteiger partial charge on any atom is -0.484 e. The lowest BCUT2D eigenvalue weighted by molar-refractivity contribution is -0.137. The zero-order valence-corrected chi connectivity index (χ0v) is 11.7. The highest BCUT2D eigenvalue weighted by molar-refractivity contribution is 5.77. The second-order valence-electron chi connectivity index (χ2n) is 4.53. The average molecular weight is 293 g/mol. The van der Waals surface area contributed by atoms with E-state index in [1.165, 1.54) is 0 Å². The van der Waals surface area contributed by atoms with Crippen LogP contribution in [0.25, 0.3) is 0 Å². The van der Waals surface area contributed by atoms with Crippen LogP contribution in [0.1, 0.15) is 36.0 Å². The van der Waals surface area contributed by atoms with E-state index >= 15 is 0 Å². The van der Waals surface area contributed by atoms with Crippen molar-refractivity contribution in [3.8, 4) is 5.75 Å². The molecule has 1 rings (SSSR count). The van der Waals surface area contributed by atoms with Crippen molar-refractivity contribution >= 4 is 18.2 Å². The number of carboxylic acids is 1. The summed E-state index contributed by atoms with van der Waals surface area (Å²) >= 11 is 0. The van der Waals surface area contributed by atoms with Crippen LogP contribution in [0.3, 0.4) is 0 Å². The third kappa shape index (κ3) is 7.71. The SMILES string of the molecule is O=Cc1ccc(OCC(=O)NCCCCCC(=O)O)cc1. The summed E-state index contributed by atoms with van der Waals surface area (Å²) in [6, 6.07) is 6.48. The molecule has 0 saturated heterocycles. The Hall–Kier alpha value is -2.37. The first kappa shape index (κ1) is 16.7. The second kappa shape index (κ2) is 9.52. The number of carboxylic acid groups (broad SMARTS) is 1. The van der Waals surface area contributed by atoms with Gasteiger partial charge in [-0.05, 0) is 37.1 Å². The highest BCUT2D eigenvalue weighted by Crippen LogP contribution is 2.10. The van der Waals surface area contributed by atoms with E-state index in [1.807, 2.05) is 0 Å². The van der Waals surface area contributed by atoms with Crippen LogP contribution in [0.2, 0.25) is 0 Å². The maximum Gasteiger partial charge on any atom is 0.303 e. The van der Waals surface area contributed by atoms with Crippen molar-refractivity contribution in [2.45, 2.75) is 25.7 Å². The van der Waals surface area contributed by atoms with Crippen molar-refractivity contribution in [1.29, 1.82) is 0 Å². The number of unbranched alkanes of at least 4 members (excludes halogenated alkanes) is 2. The summed E-state index contributed by atoms with van der Waals surface area (Å²) < 4.78 is 5.27. The number of nitrogens with one attached hydrogen (secondary N) is 1. The van der Waals surface area contributed by atoms with Gasteiger partial charge in [0, 0.05) is 18.5 Å². The molecule has 0 bridgehead atoms. The van der Waals surface area contributed by atoms with Gasteiger partial charge in [0.2, 0.25) is 0 Å². The molecule has 0 radical (unpaired) electrons.